The summed E-state index contributed by atoms with van der Waals surface area (Å²) in [5.41, 5.74) is -0.0779. The van der Waals surface area contributed by atoms with Crippen molar-refractivity contribution < 1.29 is 17.9 Å². The molecule has 1 amide bonds. The number of benzene rings is 1. The molecule has 1 unspecified atom stereocenters. The van der Waals surface area contributed by atoms with Crippen LogP contribution < -0.4 is 10.5 Å². The summed E-state index contributed by atoms with van der Waals surface area (Å²) in [5, 5.41) is 7.80. The Balaban J connectivity index is 2.06. The van der Waals surface area contributed by atoms with E-state index < -0.39 is 10.0 Å². The Hall–Kier alpha value is -1.44. The van der Waals surface area contributed by atoms with Gasteiger partial charge in [-0.05, 0) is 38.0 Å². The van der Waals surface area contributed by atoms with Gasteiger partial charge in [0.25, 0.3) is 5.91 Å². The fourth-order valence-electron chi connectivity index (χ4n) is 2.16. The maximum Gasteiger partial charge on any atom is 0.251 e. The van der Waals surface area contributed by atoms with Crippen molar-refractivity contribution in [2.24, 2.45) is 5.14 Å². The maximum atomic E-state index is 12.0. The number of ether oxygens (including phenoxy) is 1. The molecule has 0 radical (unpaired) electrons. The number of carbonyl (C=O) groups excluding carboxylic acids is 1. The van der Waals surface area contributed by atoms with Crippen molar-refractivity contribution in [2.75, 3.05) is 13.2 Å². The van der Waals surface area contributed by atoms with Crippen LogP contribution in [0, 0.1) is 0 Å². The molecule has 7 heteroatoms. The average Bonchev–Trinajstić information content (AvgIpc) is 2.83. The van der Waals surface area contributed by atoms with Crippen molar-refractivity contribution in [3.63, 3.8) is 0 Å². The molecule has 1 fully saturated rings. The Morgan fingerprint density at radius 1 is 1.50 bits per heavy atom. The van der Waals surface area contributed by atoms with Crippen molar-refractivity contribution in [1.82, 2.24) is 5.32 Å². The summed E-state index contributed by atoms with van der Waals surface area (Å²) in [4.78, 5) is 11.9. The Morgan fingerprint density at radius 3 is 2.85 bits per heavy atom. The first-order valence-electron chi connectivity index (χ1n) is 6.35. The highest BCUT2D eigenvalue weighted by Gasteiger charge is 2.30. The molecular formula is C13H18N2O4S. The topological polar surface area (TPSA) is 98.5 Å². The molecule has 0 aliphatic carbocycles. The van der Waals surface area contributed by atoms with Gasteiger partial charge in [0.15, 0.2) is 0 Å². The molecular weight excluding hydrogens is 280 g/mol. The van der Waals surface area contributed by atoms with Crippen LogP contribution >= 0.6 is 0 Å². The molecule has 1 aromatic rings. The van der Waals surface area contributed by atoms with Crippen molar-refractivity contribution in [3.8, 4) is 0 Å². The number of hydrogen-bond donors (Lipinski definition) is 2. The van der Waals surface area contributed by atoms with Crippen LogP contribution in [0.1, 0.15) is 30.1 Å². The minimum absolute atomic E-state index is 0.0755. The third-order valence-electron chi connectivity index (χ3n) is 3.35. The minimum atomic E-state index is -3.81. The monoisotopic (exact) mass is 298 g/mol. The highest BCUT2D eigenvalue weighted by atomic mass is 32.2. The SMILES string of the molecule is CC1(CNC(=O)c2cccc(S(N)(=O)=O)c2)CCCO1. The second kappa shape index (κ2) is 5.51. The van der Waals surface area contributed by atoms with Gasteiger partial charge in [-0.2, -0.15) is 0 Å². The smallest absolute Gasteiger partial charge is 0.251 e. The van der Waals surface area contributed by atoms with Crippen molar-refractivity contribution in [2.45, 2.75) is 30.3 Å². The van der Waals surface area contributed by atoms with Crippen molar-refractivity contribution in [3.05, 3.63) is 29.8 Å². The molecule has 1 aromatic carbocycles. The zero-order chi connectivity index (χ0) is 14.8. The number of amides is 1. The fourth-order valence-corrected chi connectivity index (χ4v) is 2.72. The van der Waals surface area contributed by atoms with E-state index in [0.717, 1.165) is 12.8 Å². The van der Waals surface area contributed by atoms with Crippen LogP contribution in [0.15, 0.2) is 29.2 Å². The standard InChI is InChI=1S/C13H18N2O4S/c1-13(6-3-7-19-13)9-15-12(16)10-4-2-5-11(8-10)20(14,17)18/h2,4-5,8H,3,6-7,9H2,1H3,(H,15,16)(H2,14,17,18). The van der Waals surface area contributed by atoms with Gasteiger partial charge in [0.05, 0.1) is 10.5 Å². The van der Waals surface area contributed by atoms with E-state index in [0.29, 0.717) is 13.2 Å². The summed E-state index contributed by atoms with van der Waals surface area (Å²) in [6, 6.07) is 5.65. The zero-order valence-corrected chi connectivity index (χ0v) is 12.1. The fraction of sp³-hybridized carbons (Fsp3) is 0.462. The number of carbonyl (C=O) groups is 1. The first-order chi connectivity index (χ1) is 9.30. The molecule has 1 saturated heterocycles. The van der Waals surface area contributed by atoms with Crippen LogP contribution in [0.25, 0.3) is 0 Å². The Morgan fingerprint density at radius 2 is 2.25 bits per heavy atom. The van der Waals surface area contributed by atoms with Gasteiger partial charge < -0.3 is 10.1 Å². The predicted octanol–water partition coefficient (Wildman–Crippen LogP) is 0.633. The van der Waals surface area contributed by atoms with Gasteiger partial charge in [0, 0.05) is 18.7 Å². The Kier molecular flexibility index (Phi) is 4.12. The number of primary sulfonamides is 1. The minimum Gasteiger partial charge on any atom is -0.373 e. The summed E-state index contributed by atoms with van der Waals surface area (Å²) >= 11 is 0. The number of hydrogen-bond acceptors (Lipinski definition) is 4. The number of nitrogens with one attached hydrogen (secondary N) is 1. The molecule has 0 saturated carbocycles. The van der Waals surface area contributed by atoms with E-state index >= 15 is 0 Å². The van der Waals surface area contributed by atoms with Gasteiger partial charge in [-0.1, -0.05) is 6.07 Å². The molecule has 3 N–H and O–H groups in total. The van der Waals surface area contributed by atoms with Crippen LogP contribution in [0.4, 0.5) is 0 Å². The zero-order valence-electron chi connectivity index (χ0n) is 11.3. The number of rotatable bonds is 4. The summed E-state index contributed by atoms with van der Waals surface area (Å²) in [7, 11) is -3.81. The first-order valence-corrected chi connectivity index (χ1v) is 7.90. The van der Waals surface area contributed by atoms with Crippen molar-refractivity contribution in [1.29, 1.82) is 0 Å². The lowest BCUT2D eigenvalue weighted by Crippen LogP contribution is -2.40. The van der Waals surface area contributed by atoms with E-state index in [1.165, 1.54) is 18.2 Å². The normalized spacial score (nSPS) is 22.7. The lowest BCUT2D eigenvalue weighted by molar-refractivity contribution is 0.0206. The largest absolute Gasteiger partial charge is 0.373 e. The molecule has 1 aliphatic heterocycles. The van der Waals surface area contributed by atoms with Gasteiger partial charge in [-0.25, -0.2) is 13.6 Å². The van der Waals surface area contributed by atoms with Crippen LogP contribution in [0.3, 0.4) is 0 Å². The number of sulfonamides is 1. The average molecular weight is 298 g/mol. The van der Waals surface area contributed by atoms with Gasteiger partial charge in [-0.15, -0.1) is 0 Å². The third kappa shape index (κ3) is 3.56. The van der Waals surface area contributed by atoms with Gasteiger partial charge in [0.2, 0.25) is 10.0 Å². The maximum absolute atomic E-state index is 12.0. The molecule has 0 bridgehead atoms. The highest BCUT2D eigenvalue weighted by molar-refractivity contribution is 7.89. The molecule has 0 spiro atoms. The van der Waals surface area contributed by atoms with Gasteiger partial charge in [0.1, 0.15) is 0 Å². The third-order valence-corrected chi connectivity index (χ3v) is 4.26. The highest BCUT2D eigenvalue weighted by Crippen LogP contribution is 2.24. The first kappa shape index (κ1) is 15.0. The molecule has 1 atom stereocenters. The van der Waals surface area contributed by atoms with Crippen LogP contribution in [0.5, 0.6) is 0 Å². The van der Waals surface area contributed by atoms with E-state index in [-0.39, 0.29) is 22.0 Å². The molecule has 2 rings (SSSR count). The van der Waals surface area contributed by atoms with Gasteiger partial charge in [-0.3, -0.25) is 4.79 Å². The summed E-state index contributed by atoms with van der Waals surface area (Å²) in [5.74, 6) is -0.341. The van der Waals surface area contributed by atoms with Crippen LogP contribution in [-0.2, 0) is 14.8 Å². The van der Waals surface area contributed by atoms with Crippen molar-refractivity contribution >= 4 is 15.9 Å². The van der Waals surface area contributed by atoms with Crippen LogP contribution in [0.2, 0.25) is 0 Å². The molecule has 20 heavy (non-hydrogen) atoms. The summed E-state index contributed by atoms with van der Waals surface area (Å²) < 4.78 is 28.1. The molecule has 1 heterocycles. The molecule has 6 nitrogen and oxygen atoms in total. The molecule has 1 aliphatic rings. The predicted molar refractivity (Wildman–Crippen MR) is 73.7 cm³/mol. The van der Waals surface area contributed by atoms with Gasteiger partial charge >= 0.3 is 0 Å². The van der Waals surface area contributed by atoms with E-state index in [1.807, 2.05) is 6.92 Å². The van der Waals surface area contributed by atoms with E-state index in [2.05, 4.69) is 5.32 Å². The molecule has 0 aromatic heterocycles. The second-order valence-electron chi connectivity index (χ2n) is 5.16. The lowest BCUT2D eigenvalue weighted by Gasteiger charge is -2.23. The summed E-state index contributed by atoms with van der Waals surface area (Å²) in [6.45, 7) is 3.04. The summed E-state index contributed by atoms with van der Waals surface area (Å²) in [6.07, 6.45) is 1.87. The van der Waals surface area contributed by atoms with E-state index in [1.54, 1.807) is 6.07 Å². The van der Waals surface area contributed by atoms with E-state index in [9.17, 15) is 13.2 Å². The number of nitrogens with two attached hydrogens (primary N) is 1. The van der Waals surface area contributed by atoms with Crippen LogP contribution in [-0.4, -0.2) is 33.1 Å². The Labute approximate surface area is 118 Å². The second-order valence-corrected chi connectivity index (χ2v) is 6.72. The quantitative estimate of drug-likeness (QED) is 0.852. The van der Waals surface area contributed by atoms with E-state index in [4.69, 9.17) is 9.88 Å². The lowest BCUT2D eigenvalue weighted by atomic mass is 10.0. The Bertz CT molecular complexity index is 607. The molecule has 110 valence electrons.